The van der Waals surface area contributed by atoms with Gasteiger partial charge in [-0.2, -0.15) is 0 Å². The third kappa shape index (κ3) is 51.2. The molecule has 0 saturated carbocycles. The van der Waals surface area contributed by atoms with Crippen molar-refractivity contribution < 1.29 is 28.6 Å². The van der Waals surface area contributed by atoms with E-state index in [-0.39, 0.29) is 37.5 Å². The van der Waals surface area contributed by atoms with Gasteiger partial charge in [0, 0.05) is 19.3 Å². The van der Waals surface area contributed by atoms with Gasteiger partial charge in [-0.3, -0.25) is 14.4 Å². The molecule has 370 valence electrons. The highest BCUT2D eigenvalue weighted by atomic mass is 16.6. The SMILES string of the molecule is CC\C=C/C=C\C=C/C=C\CCCCCC(=O)OCC(COC(=O)CCCCCCCCCCCCCCCCCCCC)OC(=O)CCCCC/C=C\C/C=C\C/C=C\C/C=C\CC. The van der Waals surface area contributed by atoms with Gasteiger partial charge in [-0.05, 0) is 77.0 Å². The summed E-state index contributed by atoms with van der Waals surface area (Å²) in [4.78, 5) is 38.0. The van der Waals surface area contributed by atoms with E-state index in [2.05, 4.69) is 81.5 Å². The van der Waals surface area contributed by atoms with Crippen LogP contribution in [0.5, 0.6) is 0 Å². The van der Waals surface area contributed by atoms with E-state index in [9.17, 15) is 14.4 Å². The molecule has 0 amide bonds. The van der Waals surface area contributed by atoms with E-state index in [1.807, 2.05) is 36.5 Å². The Bertz CT molecular complexity index is 1310. The largest absolute Gasteiger partial charge is 0.462 e. The Morgan fingerprint density at radius 3 is 1.12 bits per heavy atom. The number of carbonyl (C=O) groups is 3. The van der Waals surface area contributed by atoms with Crippen LogP contribution in [0.15, 0.2) is 97.2 Å². The van der Waals surface area contributed by atoms with Crippen LogP contribution in [0, 0.1) is 0 Å². The number of ether oxygens (including phenoxy) is 3. The summed E-state index contributed by atoms with van der Waals surface area (Å²) in [6, 6.07) is 0. The van der Waals surface area contributed by atoms with Crippen molar-refractivity contribution in [3.8, 4) is 0 Å². The highest BCUT2D eigenvalue weighted by Gasteiger charge is 2.19. The fraction of sp³-hybridized carbons (Fsp3) is 0.678. The molecule has 0 heterocycles. The normalized spacial score (nSPS) is 12.8. The van der Waals surface area contributed by atoms with Crippen molar-refractivity contribution in [2.24, 2.45) is 0 Å². The number of rotatable bonds is 47. The van der Waals surface area contributed by atoms with E-state index in [4.69, 9.17) is 14.2 Å². The molecule has 0 aliphatic heterocycles. The zero-order valence-corrected chi connectivity index (χ0v) is 42.2. The second-order valence-corrected chi connectivity index (χ2v) is 17.5. The van der Waals surface area contributed by atoms with Crippen LogP contribution in [0.1, 0.15) is 239 Å². The molecule has 65 heavy (non-hydrogen) atoms. The number of hydrogen-bond acceptors (Lipinski definition) is 6. The van der Waals surface area contributed by atoms with Gasteiger partial charge in [0.2, 0.25) is 0 Å². The average molecular weight is 903 g/mol. The van der Waals surface area contributed by atoms with Crippen molar-refractivity contribution in [2.45, 2.75) is 245 Å². The van der Waals surface area contributed by atoms with Gasteiger partial charge in [-0.25, -0.2) is 0 Å². The molecule has 6 heteroatoms. The quantitative estimate of drug-likeness (QED) is 0.0199. The van der Waals surface area contributed by atoms with Gasteiger partial charge in [0.1, 0.15) is 13.2 Å². The molecule has 1 atom stereocenters. The lowest BCUT2D eigenvalue weighted by molar-refractivity contribution is -0.167. The lowest BCUT2D eigenvalue weighted by atomic mass is 10.0. The van der Waals surface area contributed by atoms with Crippen molar-refractivity contribution in [1.82, 2.24) is 0 Å². The second-order valence-electron chi connectivity index (χ2n) is 17.5. The minimum Gasteiger partial charge on any atom is -0.462 e. The first kappa shape index (κ1) is 61.3. The first-order valence-corrected chi connectivity index (χ1v) is 26.8. The summed E-state index contributed by atoms with van der Waals surface area (Å²) < 4.78 is 16.8. The van der Waals surface area contributed by atoms with Crippen LogP contribution in [-0.4, -0.2) is 37.2 Å². The summed E-state index contributed by atoms with van der Waals surface area (Å²) in [5.41, 5.74) is 0. The molecule has 0 aromatic carbocycles. The molecule has 0 aromatic rings. The molecule has 0 saturated heterocycles. The van der Waals surface area contributed by atoms with Gasteiger partial charge in [0.25, 0.3) is 0 Å². The Labute approximate surface area is 400 Å². The molecule has 0 rings (SSSR count). The van der Waals surface area contributed by atoms with Crippen LogP contribution in [0.25, 0.3) is 0 Å². The van der Waals surface area contributed by atoms with Gasteiger partial charge in [-0.1, -0.05) is 240 Å². The van der Waals surface area contributed by atoms with E-state index < -0.39 is 6.10 Å². The van der Waals surface area contributed by atoms with Gasteiger partial charge in [-0.15, -0.1) is 0 Å². The fourth-order valence-corrected chi connectivity index (χ4v) is 7.21. The molecular weight excluding hydrogens is 805 g/mol. The predicted octanol–water partition coefficient (Wildman–Crippen LogP) is 17.8. The topological polar surface area (TPSA) is 78.9 Å². The lowest BCUT2D eigenvalue weighted by Gasteiger charge is -2.18. The highest BCUT2D eigenvalue weighted by Crippen LogP contribution is 2.15. The lowest BCUT2D eigenvalue weighted by Crippen LogP contribution is -2.30. The van der Waals surface area contributed by atoms with Crippen LogP contribution in [0.4, 0.5) is 0 Å². The first-order chi connectivity index (χ1) is 32.0. The van der Waals surface area contributed by atoms with Crippen LogP contribution < -0.4 is 0 Å². The Hall–Kier alpha value is -3.67. The molecule has 0 aromatic heterocycles. The molecule has 1 unspecified atom stereocenters. The Morgan fingerprint density at radius 2 is 0.677 bits per heavy atom. The number of allylic oxidation sites excluding steroid dienone is 16. The zero-order chi connectivity index (χ0) is 47.2. The van der Waals surface area contributed by atoms with Crippen LogP contribution in [0.3, 0.4) is 0 Å². The molecular formula is C59H98O6. The molecule has 0 radical (unpaired) electrons. The number of hydrogen-bond donors (Lipinski definition) is 0. The van der Waals surface area contributed by atoms with E-state index in [0.29, 0.717) is 12.8 Å². The molecule has 0 bridgehead atoms. The third-order valence-electron chi connectivity index (χ3n) is 11.2. The summed E-state index contributed by atoms with van der Waals surface area (Å²) in [6.45, 7) is 6.33. The Balaban J connectivity index is 4.46. The summed E-state index contributed by atoms with van der Waals surface area (Å²) in [6.07, 6.45) is 69.7. The van der Waals surface area contributed by atoms with E-state index >= 15 is 0 Å². The summed E-state index contributed by atoms with van der Waals surface area (Å²) in [5, 5.41) is 0. The second kappa shape index (κ2) is 52.9. The van der Waals surface area contributed by atoms with Gasteiger partial charge >= 0.3 is 17.9 Å². The molecule has 0 fully saturated rings. The minimum atomic E-state index is -0.809. The maximum Gasteiger partial charge on any atom is 0.306 e. The molecule has 0 N–H and O–H groups in total. The molecule has 6 nitrogen and oxygen atoms in total. The number of esters is 3. The van der Waals surface area contributed by atoms with Crippen LogP contribution in [0.2, 0.25) is 0 Å². The van der Waals surface area contributed by atoms with E-state index in [1.165, 1.54) is 96.3 Å². The Kier molecular flexibility index (Phi) is 50.0. The summed E-state index contributed by atoms with van der Waals surface area (Å²) >= 11 is 0. The fourth-order valence-electron chi connectivity index (χ4n) is 7.21. The van der Waals surface area contributed by atoms with Crippen molar-refractivity contribution in [1.29, 1.82) is 0 Å². The molecule has 0 aliphatic carbocycles. The molecule has 0 spiro atoms. The summed E-state index contributed by atoms with van der Waals surface area (Å²) in [5.74, 6) is -0.974. The van der Waals surface area contributed by atoms with Crippen LogP contribution in [-0.2, 0) is 28.6 Å². The van der Waals surface area contributed by atoms with Gasteiger partial charge in [0.05, 0.1) is 0 Å². The number of unbranched alkanes of at least 4 members (excludes halogenated alkanes) is 23. The van der Waals surface area contributed by atoms with Crippen LogP contribution >= 0.6 is 0 Å². The standard InChI is InChI=1S/C59H98O6/c1-4-7-10-13-16-19-22-25-27-29-30-32-34-37-40-43-46-49-52-58(61)64-55-56(54-63-57(60)51-48-45-42-39-36-33-24-21-18-15-12-9-6-3)65-59(62)53-50-47-44-41-38-35-31-28-26-23-20-17-14-11-8-5-2/h8-9,11-12,15,17-18,20-21,24,26,28,33,35-36,38,56H,4-7,10,13-14,16,19,22-23,25,27,29-32,34,37,39-55H2,1-3H3/b11-8-,12-9-,18-15-,20-17-,24-21-,28-26-,36-33-,38-35-. The van der Waals surface area contributed by atoms with Crippen molar-refractivity contribution in [3.05, 3.63) is 97.2 Å². The smallest absolute Gasteiger partial charge is 0.306 e. The van der Waals surface area contributed by atoms with E-state index in [1.54, 1.807) is 0 Å². The van der Waals surface area contributed by atoms with Crippen molar-refractivity contribution in [2.75, 3.05) is 13.2 Å². The van der Waals surface area contributed by atoms with Gasteiger partial charge in [0.15, 0.2) is 6.10 Å². The van der Waals surface area contributed by atoms with Crippen molar-refractivity contribution >= 4 is 17.9 Å². The average Bonchev–Trinajstić information content (AvgIpc) is 3.30. The first-order valence-electron chi connectivity index (χ1n) is 26.8. The minimum absolute atomic E-state index is 0.102. The maximum atomic E-state index is 12.8. The monoisotopic (exact) mass is 903 g/mol. The van der Waals surface area contributed by atoms with Gasteiger partial charge < -0.3 is 14.2 Å². The zero-order valence-electron chi connectivity index (χ0n) is 42.2. The number of carbonyl (C=O) groups excluding carboxylic acids is 3. The highest BCUT2D eigenvalue weighted by molar-refractivity contribution is 5.71. The third-order valence-corrected chi connectivity index (χ3v) is 11.2. The van der Waals surface area contributed by atoms with E-state index in [0.717, 1.165) is 103 Å². The molecule has 0 aliphatic rings. The predicted molar refractivity (Wildman–Crippen MR) is 279 cm³/mol. The summed E-state index contributed by atoms with van der Waals surface area (Å²) in [7, 11) is 0. The maximum absolute atomic E-state index is 12.8. The Morgan fingerprint density at radius 1 is 0.338 bits per heavy atom. The van der Waals surface area contributed by atoms with Crippen molar-refractivity contribution in [3.63, 3.8) is 0 Å².